The Hall–Kier alpha value is -2.57. The van der Waals surface area contributed by atoms with Crippen LogP contribution in [0.2, 0.25) is 0 Å². The summed E-state index contributed by atoms with van der Waals surface area (Å²) in [6.07, 6.45) is 2.00. The molecular formula is C19H26N4O3. The maximum absolute atomic E-state index is 12.2. The van der Waals surface area contributed by atoms with Gasteiger partial charge in [-0.15, -0.1) is 0 Å². The highest BCUT2D eigenvalue weighted by molar-refractivity contribution is 5.78. The van der Waals surface area contributed by atoms with E-state index in [0.29, 0.717) is 19.5 Å². The number of rotatable bonds is 3. The lowest BCUT2D eigenvalue weighted by molar-refractivity contribution is -0.116. The average molecular weight is 358 g/mol. The number of hydrogen-bond donors (Lipinski definition) is 0. The molecular weight excluding hydrogens is 332 g/mol. The number of Topliss-reactive ketones (excluding diaryl/α,β-unsaturated/α-hetero) is 1. The molecule has 1 aliphatic rings. The minimum absolute atomic E-state index is 0.0981. The van der Waals surface area contributed by atoms with Gasteiger partial charge >= 0.3 is 6.09 Å². The van der Waals surface area contributed by atoms with Gasteiger partial charge in [0.2, 0.25) is 0 Å². The van der Waals surface area contributed by atoms with Crippen LogP contribution in [0.25, 0.3) is 5.65 Å². The van der Waals surface area contributed by atoms with Crippen molar-refractivity contribution in [3.8, 4) is 0 Å². The molecule has 3 heterocycles. The second kappa shape index (κ2) is 6.97. The summed E-state index contributed by atoms with van der Waals surface area (Å²) in [7, 11) is 0. The molecule has 0 bridgehead atoms. The molecule has 0 unspecified atom stereocenters. The first-order valence-electron chi connectivity index (χ1n) is 8.92. The van der Waals surface area contributed by atoms with Crippen LogP contribution in [-0.4, -0.2) is 57.9 Å². The van der Waals surface area contributed by atoms with Crippen LogP contribution < -0.4 is 4.90 Å². The number of pyridine rings is 1. The molecule has 0 atom stereocenters. The minimum Gasteiger partial charge on any atom is -0.444 e. The largest absolute Gasteiger partial charge is 0.444 e. The number of piperazine rings is 1. The Morgan fingerprint density at radius 2 is 1.85 bits per heavy atom. The van der Waals surface area contributed by atoms with E-state index >= 15 is 0 Å². The van der Waals surface area contributed by atoms with E-state index in [4.69, 9.17) is 4.74 Å². The third kappa shape index (κ3) is 4.15. The molecule has 1 fully saturated rings. The molecule has 1 aliphatic heterocycles. The van der Waals surface area contributed by atoms with Gasteiger partial charge in [-0.1, -0.05) is 6.07 Å². The fraction of sp³-hybridized carbons (Fsp3) is 0.526. The van der Waals surface area contributed by atoms with Crippen LogP contribution in [0.15, 0.2) is 24.4 Å². The van der Waals surface area contributed by atoms with Crippen LogP contribution in [0.4, 0.5) is 10.6 Å². The summed E-state index contributed by atoms with van der Waals surface area (Å²) in [4.78, 5) is 32.1. The lowest BCUT2D eigenvalue weighted by Crippen LogP contribution is -2.50. The molecule has 26 heavy (non-hydrogen) atoms. The third-order valence-corrected chi connectivity index (χ3v) is 4.21. The molecule has 1 saturated heterocycles. The number of carbonyl (C=O) groups excluding carboxylic acids is 2. The van der Waals surface area contributed by atoms with E-state index in [1.807, 2.05) is 49.6 Å². The molecule has 1 amide bonds. The first-order chi connectivity index (χ1) is 12.2. The van der Waals surface area contributed by atoms with Crippen LogP contribution in [0, 0.1) is 0 Å². The highest BCUT2D eigenvalue weighted by atomic mass is 16.6. The monoisotopic (exact) mass is 358 g/mol. The molecule has 2 aromatic rings. The smallest absolute Gasteiger partial charge is 0.410 e. The zero-order valence-corrected chi connectivity index (χ0v) is 15.9. The number of ether oxygens (including phenoxy) is 1. The summed E-state index contributed by atoms with van der Waals surface area (Å²) >= 11 is 0. The molecule has 0 aromatic carbocycles. The van der Waals surface area contributed by atoms with Gasteiger partial charge < -0.3 is 14.5 Å². The van der Waals surface area contributed by atoms with Crippen molar-refractivity contribution in [3.05, 3.63) is 30.1 Å². The number of aromatic nitrogens is 2. The van der Waals surface area contributed by atoms with Crippen molar-refractivity contribution < 1.29 is 14.3 Å². The number of ketones is 1. The van der Waals surface area contributed by atoms with E-state index in [-0.39, 0.29) is 11.9 Å². The Morgan fingerprint density at radius 1 is 1.15 bits per heavy atom. The second-order valence-electron chi connectivity index (χ2n) is 7.68. The highest BCUT2D eigenvalue weighted by Crippen LogP contribution is 2.20. The topological polar surface area (TPSA) is 67.2 Å². The number of fused-ring (bicyclic) bond motifs is 1. The normalized spacial score (nSPS) is 15.4. The van der Waals surface area contributed by atoms with Crippen molar-refractivity contribution in [2.24, 2.45) is 0 Å². The zero-order chi connectivity index (χ0) is 18.9. The van der Waals surface area contributed by atoms with Crippen molar-refractivity contribution in [1.82, 2.24) is 14.3 Å². The van der Waals surface area contributed by atoms with Crippen molar-refractivity contribution in [2.45, 2.75) is 39.7 Å². The first-order valence-corrected chi connectivity index (χ1v) is 8.92. The van der Waals surface area contributed by atoms with Gasteiger partial charge in [0.25, 0.3) is 0 Å². The highest BCUT2D eigenvalue weighted by Gasteiger charge is 2.26. The van der Waals surface area contributed by atoms with E-state index in [0.717, 1.165) is 30.2 Å². The molecule has 0 aliphatic carbocycles. The molecule has 2 aromatic heterocycles. The second-order valence-corrected chi connectivity index (χ2v) is 7.68. The van der Waals surface area contributed by atoms with Crippen molar-refractivity contribution in [2.75, 3.05) is 31.1 Å². The Balaban J connectivity index is 1.72. The van der Waals surface area contributed by atoms with Crippen LogP contribution in [-0.2, 0) is 16.0 Å². The van der Waals surface area contributed by atoms with Gasteiger partial charge in [0.15, 0.2) is 0 Å². The van der Waals surface area contributed by atoms with Crippen LogP contribution >= 0.6 is 0 Å². The van der Waals surface area contributed by atoms with Gasteiger partial charge in [0.1, 0.15) is 22.8 Å². The standard InChI is InChI=1S/C19H26N4O3/c1-14(24)12-15-13-23-16(20-15)6-5-7-17(23)21-8-10-22(11-9-21)18(25)26-19(2,3)4/h5-7,13H,8-12H2,1-4H3. The van der Waals surface area contributed by atoms with Gasteiger partial charge in [-0.3, -0.25) is 9.20 Å². The fourth-order valence-corrected chi connectivity index (χ4v) is 3.09. The lowest BCUT2D eigenvalue weighted by atomic mass is 10.2. The van der Waals surface area contributed by atoms with Gasteiger partial charge in [-0.25, -0.2) is 9.78 Å². The molecule has 0 spiro atoms. The van der Waals surface area contributed by atoms with Crippen LogP contribution in [0.1, 0.15) is 33.4 Å². The minimum atomic E-state index is -0.482. The lowest BCUT2D eigenvalue weighted by Gasteiger charge is -2.36. The first kappa shape index (κ1) is 18.2. The molecule has 0 N–H and O–H groups in total. The van der Waals surface area contributed by atoms with Gasteiger partial charge in [-0.2, -0.15) is 0 Å². The maximum Gasteiger partial charge on any atom is 0.410 e. The van der Waals surface area contributed by atoms with Gasteiger partial charge in [-0.05, 0) is 39.8 Å². The molecule has 0 radical (unpaired) electrons. The summed E-state index contributed by atoms with van der Waals surface area (Å²) in [6, 6.07) is 5.94. The Kier molecular flexibility index (Phi) is 4.89. The quantitative estimate of drug-likeness (QED) is 0.843. The molecule has 7 nitrogen and oxygen atoms in total. The number of nitrogens with zero attached hydrogens (tertiary/aromatic N) is 4. The number of anilines is 1. The van der Waals surface area contributed by atoms with E-state index in [1.165, 1.54) is 0 Å². The maximum atomic E-state index is 12.2. The van der Waals surface area contributed by atoms with Crippen LogP contribution in [0.5, 0.6) is 0 Å². The Bertz CT molecular complexity index is 814. The predicted octanol–water partition coefficient (Wildman–Crippen LogP) is 2.52. The van der Waals surface area contributed by atoms with E-state index in [9.17, 15) is 9.59 Å². The fourth-order valence-electron chi connectivity index (χ4n) is 3.09. The number of hydrogen-bond acceptors (Lipinski definition) is 5. The number of carbonyl (C=O) groups is 2. The van der Waals surface area contributed by atoms with Gasteiger partial charge in [0, 0.05) is 38.8 Å². The Labute approximate surface area is 153 Å². The van der Waals surface area contributed by atoms with E-state index in [1.54, 1.807) is 11.8 Å². The Morgan fingerprint density at radius 3 is 2.46 bits per heavy atom. The number of amides is 1. The summed E-state index contributed by atoms with van der Waals surface area (Å²) < 4.78 is 7.47. The number of imidazole rings is 1. The predicted molar refractivity (Wildman–Crippen MR) is 99.6 cm³/mol. The van der Waals surface area contributed by atoms with Crippen LogP contribution in [0.3, 0.4) is 0 Å². The van der Waals surface area contributed by atoms with E-state index in [2.05, 4.69) is 9.88 Å². The molecule has 7 heteroatoms. The average Bonchev–Trinajstić information content (AvgIpc) is 2.94. The molecule has 3 rings (SSSR count). The summed E-state index contributed by atoms with van der Waals surface area (Å²) in [5.41, 5.74) is 1.12. The van der Waals surface area contributed by atoms with E-state index < -0.39 is 5.60 Å². The van der Waals surface area contributed by atoms with Crippen molar-refractivity contribution >= 4 is 23.3 Å². The van der Waals surface area contributed by atoms with Crippen molar-refractivity contribution in [3.63, 3.8) is 0 Å². The third-order valence-electron chi connectivity index (χ3n) is 4.21. The SMILES string of the molecule is CC(=O)Cc1cn2c(N3CCN(C(=O)OC(C)(C)C)CC3)cccc2n1. The zero-order valence-electron chi connectivity index (χ0n) is 15.9. The summed E-state index contributed by atoms with van der Waals surface area (Å²) in [5.74, 6) is 1.12. The summed E-state index contributed by atoms with van der Waals surface area (Å²) in [5, 5.41) is 0. The summed E-state index contributed by atoms with van der Waals surface area (Å²) in [6.45, 7) is 9.86. The van der Waals surface area contributed by atoms with Crippen molar-refractivity contribution in [1.29, 1.82) is 0 Å². The molecule has 0 saturated carbocycles. The van der Waals surface area contributed by atoms with Gasteiger partial charge in [0.05, 0.1) is 5.69 Å². The molecule has 140 valence electrons.